The number of phenols is 1. The maximum atomic E-state index is 12.4. The van der Waals surface area contributed by atoms with Gasteiger partial charge in [0.05, 0.1) is 11.7 Å². The molecule has 0 saturated heterocycles. The molecule has 0 aromatic heterocycles. The number of hydrogen-bond donors (Lipinski definition) is 3. The van der Waals surface area contributed by atoms with Crippen LogP contribution in [0.5, 0.6) is 5.75 Å². The molecule has 11 atom stereocenters. The van der Waals surface area contributed by atoms with Gasteiger partial charge in [-0.05, 0) is 103 Å². The Hall–Kier alpha value is -1.52. The van der Waals surface area contributed by atoms with Gasteiger partial charge >= 0.3 is 0 Å². The smallest absolute Gasteiger partial charge is 0.118 e. The molecule has 0 aliphatic heterocycles. The van der Waals surface area contributed by atoms with Crippen LogP contribution in [-0.2, 0) is 11.2 Å². The summed E-state index contributed by atoms with van der Waals surface area (Å²) in [6.45, 7) is 4.85. The van der Waals surface area contributed by atoms with Crippen molar-refractivity contribution in [3.05, 3.63) is 41.7 Å². The Morgan fingerprint density at radius 3 is 2.61 bits per heavy atom. The summed E-state index contributed by atoms with van der Waals surface area (Å²) in [6.07, 6.45) is 9.67. The van der Waals surface area contributed by atoms with Gasteiger partial charge in [0.25, 0.3) is 0 Å². The van der Waals surface area contributed by atoms with Crippen LogP contribution in [0.2, 0.25) is 0 Å². The predicted octanol–water partition coefficient (Wildman–Crippen LogP) is 5.24. The first-order valence-electron chi connectivity index (χ1n) is 13.1. The van der Waals surface area contributed by atoms with E-state index >= 15 is 0 Å². The van der Waals surface area contributed by atoms with Crippen molar-refractivity contribution < 1.29 is 20.1 Å². The van der Waals surface area contributed by atoms with E-state index in [0.717, 1.165) is 18.4 Å². The van der Waals surface area contributed by atoms with Gasteiger partial charge in [-0.3, -0.25) is 0 Å². The standard InChI is InChI=1S/C29H38O4/c1-26-15-20-18-8-9-19-11-16(10-17-6-4-5-7-21(17)30)13-28(19,14-18)27(26,2)24(20)25-22(31)12-23(33-3)29(25,26)32/h4-7,12,16,18-20,23-25,30-32H,8-11,13-15H2,1-3H3. The average molecular weight is 451 g/mol. The van der Waals surface area contributed by atoms with Gasteiger partial charge in [0.1, 0.15) is 17.5 Å². The molecule has 6 aliphatic rings. The third-order valence-electron chi connectivity index (χ3n) is 12.7. The molecule has 4 heteroatoms. The lowest BCUT2D eigenvalue weighted by Crippen LogP contribution is -2.60. The van der Waals surface area contributed by atoms with Crippen LogP contribution < -0.4 is 0 Å². The van der Waals surface area contributed by atoms with Crippen LogP contribution in [0.25, 0.3) is 0 Å². The molecular weight excluding hydrogens is 412 g/mol. The van der Waals surface area contributed by atoms with Gasteiger partial charge in [-0.15, -0.1) is 0 Å². The van der Waals surface area contributed by atoms with Crippen LogP contribution in [0.1, 0.15) is 57.9 Å². The van der Waals surface area contributed by atoms with Crippen LogP contribution >= 0.6 is 0 Å². The van der Waals surface area contributed by atoms with E-state index in [4.69, 9.17) is 4.74 Å². The van der Waals surface area contributed by atoms with Gasteiger partial charge in [-0.25, -0.2) is 0 Å². The van der Waals surface area contributed by atoms with E-state index < -0.39 is 11.7 Å². The summed E-state index contributed by atoms with van der Waals surface area (Å²) in [5.74, 6) is 3.49. The Labute approximate surface area is 197 Å². The number of ether oxygens (including phenoxy) is 1. The quantitative estimate of drug-likeness (QED) is 0.589. The van der Waals surface area contributed by atoms with Crippen LogP contribution in [0.4, 0.5) is 0 Å². The van der Waals surface area contributed by atoms with Crippen molar-refractivity contribution in [2.45, 2.75) is 70.5 Å². The van der Waals surface area contributed by atoms with Crippen LogP contribution in [0.3, 0.4) is 0 Å². The maximum Gasteiger partial charge on any atom is 0.118 e. The molecule has 0 radical (unpaired) electrons. The summed E-state index contributed by atoms with van der Waals surface area (Å²) in [6, 6.07) is 7.83. The average Bonchev–Trinajstić information content (AvgIpc) is 3.40. The highest BCUT2D eigenvalue weighted by atomic mass is 16.5. The molecule has 6 bridgehead atoms. The lowest BCUT2D eigenvalue weighted by molar-refractivity contribution is -0.187. The summed E-state index contributed by atoms with van der Waals surface area (Å²) in [5.41, 5.74) is -0.0326. The van der Waals surface area contributed by atoms with Crippen molar-refractivity contribution in [1.82, 2.24) is 0 Å². The fourth-order valence-electron chi connectivity index (χ4n) is 11.6. The first-order chi connectivity index (χ1) is 15.7. The SMILES string of the molecule is COC1C=C(O)C2C3C4CC(C)(C12O)C3(C)C12CC(Cc3ccccc3O)CC1CCC4C2. The normalized spacial score (nSPS) is 55.4. The van der Waals surface area contributed by atoms with E-state index in [1.54, 1.807) is 13.2 Å². The summed E-state index contributed by atoms with van der Waals surface area (Å²) >= 11 is 0. The van der Waals surface area contributed by atoms with Crippen LogP contribution in [0, 0.1) is 51.8 Å². The fourth-order valence-corrected chi connectivity index (χ4v) is 11.6. The van der Waals surface area contributed by atoms with Gasteiger partial charge in [0.2, 0.25) is 0 Å². The molecule has 5 fully saturated rings. The fraction of sp³-hybridized carbons (Fsp3) is 0.724. The lowest BCUT2D eigenvalue weighted by atomic mass is 9.42. The second kappa shape index (κ2) is 6.18. The number of methoxy groups -OCH3 is 1. The van der Waals surface area contributed by atoms with Gasteiger partial charge in [-0.1, -0.05) is 32.0 Å². The molecule has 6 aliphatic carbocycles. The Bertz CT molecular complexity index is 1050. The number of phenolic OH excluding ortho intramolecular Hbond substituents is 1. The molecule has 0 amide bonds. The van der Waals surface area contributed by atoms with E-state index in [-0.39, 0.29) is 22.2 Å². The van der Waals surface area contributed by atoms with Gasteiger partial charge in [0.15, 0.2) is 0 Å². The van der Waals surface area contributed by atoms with E-state index in [1.807, 2.05) is 18.2 Å². The van der Waals surface area contributed by atoms with Gasteiger partial charge in [0, 0.05) is 12.5 Å². The lowest BCUT2D eigenvalue weighted by Gasteiger charge is -2.62. The summed E-state index contributed by atoms with van der Waals surface area (Å²) < 4.78 is 5.83. The minimum Gasteiger partial charge on any atom is -0.512 e. The Balaban J connectivity index is 1.34. The second-order valence-corrected chi connectivity index (χ2v) is 13.0. The minimum atomic E-state index is -1.02. The molecular formula is C29H38O4. The first kappa shape index (κ1) is 20.8. The Morgan fingerprint density at radius 1 is 1.06 bits per heavy atom. The summed E-state index contributed by atoms with van der Waals surface area (Å²) in [5, 5.41) is 34.0. The molecule has 178 valence electrons. The first-order valence-corrected chi connectivity index (χ1v) is 13.1. The van der Waals surface area contributed by atoms with Crippen molar-refractivity contribution in [1.29, 1.82) is 0 Å². The molecule has 3 N–H and O–H groups in total. The highest BCUT2D eigenvalue weighted by Gasteiger charge is 2.88. The van der Waals surface area contributed by atoms with E-state index in [1.165, 1.54) is 32.1 Å². The summed E-state index contributed by atoms with van der Waals surface area (Å²) in [7, 11) is 1.68. The summed E-state index contributed by atoms with van der Waals surface area (Å²) in [4.78, 5) is 0. The van der Waals surface area contributed by atoms with Crippen LogP contribution in [-0.4, -0.2) is 34.1 Å². The number of benzene rings is 1. The third kappa shape index (κ3) is 2.03. The Kier molecular flexibility index (Phi) is 3.90. The van der Waals surface area contributed by atoms with Crippen molar-refractivity contribution in [2.24, 2.45) is 51.8 Å². The van der Waals surface area contributed by atoms with Crippen molar-refractivity contribution in [2.75, 3.05) is 7.11 Å². The zero-order chi connectivity index (χ0) is 23.0. The number of aromatic hydroxyl groups is 1. The minimum absolute atomic E-state index is 0.0157. The van der Waals surface area contributed by atoms with Gasteiger partial charge < -0.3 is 20.1 Å². The van der Waals surface area contributed by atoms with Crippen molar-refractivity contribution in [3.63, 3.8) is 0 Å². The highest BCUT2D eigenvalue weighted by Crippen LogP contribution is 2.88. The van der Waals surface area contributed by atoms with E-state index in [2.05, 4.69) is 19.9 Å². The van der Waals surface area contributed by atoms with Crippen molar-refractivity contribution >= 4 is 0 Å². The highest BCUT2D eigenvalue weighted by molar-refractivity contribution is 5.42. The monoisotopic (exact) mass is 450 g/mol. The maximum absolute atomic E-state index is 12.4. The molecule has 33 heavy (non-hydrogen) atoms. The third-order valence-corrected chi connectivity index (χ3v) is 12.7. The second-order valence-electron chi connectivity index (χ2n) is 13.0. The van der Waals surface area contributed by atoms with E-state index in [9.17, 15) is 15.3 Å². The van der Waals surface area contributed by atoms with Crippen molar-refractivity contribution in [3.8, 4) is 5.75 Å². The molecule has 11 unspecified atom stereocenters. The number of aliphatic hydroxyl groups excluding tert-OH is 1. The molecule has 4 nitrogen and oxygen atoms in total. The topological polar surface area (TPSA) is 69.9 Å². The number of hydrogen-bond acceptors (Lipinski definition) is 4. The Morgan fingerprint density at radius 2 is 1.85 bits per heavy atom. The number of para-hydroxylation sites is 1. The molecule has 0 heterocycles. The largest absolute Gasteiger partial charge is 0.512 e. The zero-order valence-electron chi connectivity index (χ0n) is 20.1. The van der Waals surface area contributed by atoms with Gasteiger partial charge in [-0.2, -0.15) is 0 Å². The molecule has 1 aromatic rings. The number of aliphatic hydroxyl groups is 2. The van der Waals surface area contributed by atoms with E-state index in [0.29, 0.717) is 41.1 Å². The molecule has 1 spiro atoms. The molecule has 5 saturated carbocycles. The number of rotatable bonds is 3. The molecule has 1 aromatic carbocycles. The number of fused-ring (bicyclic) bond motifs is 4. The molecule has 7 rings (SSSR count). The van der Waals surface area contributed by atoms with Crippen LogP contribution in [0.15, 0.2) is 36.1 Å². The zero-order valence-corrected chi connectivity index (χ0v) is 20.1. The predicted molar refractivity (Wildman–Crippen MR) is 126 cm³/mol.